The summed E-state index contributed by atoms with van der Waals surface area (Å²) in [6, 6.07) is 22.9. The van der Waals surface area contributed by atoms with E-state index in [0.717, 1.165) is 59.8 Å². The summed E-state index contributed by atoms with van der Waals surface area (Å²) in [5, 5.41) is 24.6. The van der Waals surface area contributed by atoms with E-state index in [-0.39, 0.29) is 29.4 Å². The molecule has 0 radical (unpaired) electrons. The van der Waals surface area contributed by atoms with Crippen LogP contribution in [0.2, 0.25) is 0 Å². The number of carbonyl (C=O) groups excluding carboxylic acids is 1. The fraction of sp³-hybridized carbons (Fsp3) is 0.400. The molecule has 0 unspecified atom stereocenters. The van der Waals surface area contributed by atoms with Crippen molar-refractivity contribution < 1.29 is 28.0 Å². The molecule has 0 bridgehead atoms. The fourth-order valence-corrected chi connectivity index (χ4v) is 6.11. The van der Waals surface area contributed by atoms with Gasteiger partial charge in [0.25, 0.3) is 16.0 Å². The minimum Gasteiger partial charge on any atom is -0.508 e. The Morgan fingerprint density at radius 1 is 0.867 bits per heavy atom. The molecular formula is C35H45N3O6S. The predicted molar refractivity (Wildman–Crippen MR) is 179 cm³/mol. The molecule has 1 aliphatic rings. The van der Waals surface area contributed by atoms with Crippen molar-refractivity contribution in [2.75, 3.05) is 26.9 Å². The number of amides is 1. The predicted octanol–water partition coefficient (Wildman–Crippen LogP) is 6.14. The van der Waals surface area contributed by atoms with Crippen LogP contribution in [0.25, 0.3) is 10.9 Å². The minimum absolute atomic E-state index is 0.0295. The van der Waals surface area contributed by atoms with E-state index in [0.29, 0.717) is 18.5 Å². The number of aromatic nitrogens is 1. The normalized spacial score (nSPS) is 14.5. The summed E-state index contributed by atoms with van der Waals surface area (Å²) in [7, 11) is 0.438. The summed E-state index contributed by atoms with van der Waals surface area (Å²) >= 11 is 0. The smallest absolute Gasteiger partial charge is 0.268 e. The Bertz CT molecular complexity index is 1600. The van der Waals surface area contributed by atoms with Gasteiger partial charge in [-0.1, -0.05) is 74.6 Å². The van der Waals surface area contributed by atoms with Crippen molar-refractivity contribution in [2.24, 2.45) is 0 Å². The standard InChI is InChI=1S/C34H41N3O3.CH4O3S/c1-36(2)22-23-37-30-13-9-8-12-29(30)32(33(37)34(40)35-26-10-6-4-3-5-7-11-26)31(24-14-18-27(38)19-15-24)25-16-20-28(39)21-17-25;1-5(2,3)4/h8-9,12-21,26,31,38-39H,3-7,10-11,22-23H2,1-2H3,(H,35,40);1H3,(H,2,3,4). The Morgan fingerprint density at radius 2 is 1.36 bits per heavy atom. The van der Waals surface area contributed by atoms with E-state index >= 15 is 0 Å². The van der Waals surface area contributed by atoms with Crippen LogP contribution in [0.15, 0.2) is 72.8 Å². The molecule has 0 spiro atoms. The van der Waals surface area contributed by atoms with Crippen molar-refractivity contribution in [1.82, 2.24) is 14.8 Å². The van der Waals surface area contributed by atoms with E-state index in [1.54, 1.807) is 24.3 Å². The van der Waals surface area contributed by atoms with Crippen LogP contribution in [0, 0.1) is 0 Å². The lowest BCUT2D eigenvalue weighted by Crippen LogP contribution is -2.37. The fourth-order valence-electron chi connectivity index (χ4n) is 6.11. The second-order valence-electron chi connectivity index (χ2n) is 12.1. The number of nitrogens with one attached hydrogen (secondary N) is 1. The zero-order valence-corrected chi connectivity index (χ0v) is 27.1. The minimum atomic E-state index is -3.67. The molecule has 0 atom stereocenters. The third-order valence-corrected chi connectivity index (χ3v) is 8.18. The summed E-state index contributed by atoms with van der Waals surface area (Å²) in [5.74, 6) is 0.0932. The van der Waals surface area contributed by atoms with E-state index in [4.69, 9.17) is 4.55 Å². The molecule has 242 valence electrons. The average Bonchev–Trinajstić information content (AvgIpc) is 3.28. The number of hydrogen-bond acceptors (Lipinski definition) is 6. The highest BCUT2D eigenvalue weighted by atomic mass is 32.2. The highest BCUT2D eigenvalue weighted by molar-refractivity contribution is 7.85. The van der Waals surface area contributed by atoms with Gasteiger partial charge in [0.1, 0.15) is 17.2 Å². The van der Waals surface area contributed by atoms with Crippen molar-refractivity contribution >= 4 is 26.9 Å². The van der Waals surface area contributed by atoms with E-state index in [1.165, 1.54) is 19.3 Å². The summed E-state index contributed by atoms with van der Waals surface area (Å²) < 4.78 is 28.1. The molecule has 0 aliphatic heterocycles. The maximum atomic E-state index is 14.4. The van der Waals surface area contributed by atoms with Gasteiger partial charge in [-0.15, -0.1) is 0 Å². The van der Waals surface area contributed by atoms with Gasteiger partial charge in [-0.05, 0) is 68.4 Å². The molecule has 1 aromatic heterocycles. The second kappa shape index (κ2) is 15.4. The van der Waals surface area contributed by atoms with Gasteiger partial charge in [0.05, 0.1) is 6.26 Å². The highest BCUT2D eigenvalue weighted by Crippen LogP contribution is 2.41. The average molecular weight is 636 g/mol. The first-order valence-corrected chi connectivity index (χ1v) is 17.3. The summed E-state index contributed by atoms with van der Waals surface area (Å²) in [5.41, 5.74) is 4.62. The van der Waals surface area contributed by atoms with Crippen molar-refractivity contribution in [3.63, 3.8) is 0 Å². The van der Waals surface area contributed by atoms with E-state index < -0.39 is 10.1 Å². The molecular weight excluding hydrogens is 590 g/mol. The largest absolute Gasteiger partial charge is 0.508 e. The van der Waals surface area contributed by atoms with Gasteiger partial charge in [-0.2, -0.15) is 8.42 Å². The number of rotatable bonds is 8. The van der Waals surface area contributed by atoms with Gasteiger partial charge in [-0.3, -0.25) is 9.35 Å². The van der Waals surface area contributed by atoms with Crippen LogP contribution in [0.1, 0.15) is 78.0 Å². The van der Waals surface area contributed by atoms with Crippen molar-refractivity contribution in [3.8, 4) is 11.5 Å². The topological polar surface area (TPSA) is 132 Å². The van der Waals surface area contributed by atoms with Gasteiger partial charge in [0, 0.05) is 41.5 Å². The quantitative estimate of drug-likeness (QED) is 0.171. The lowest BCUT2D eigenvalue weighted by atomic mass is 9.83. The first kappa shape index (κ1) is 34.0. The van der Waals surface area contributed by atoms with Crippen molar-refractivity contribution in [2.45, 2.75) is 63.5 Å². The van der Waals surface area contributed by atoms with E-state index in [9.17, 15) is 23.4 Å². The SMILES string of the molecule is CN(C)CCn1c(C(=O)NC2CCCCCCC2)c(C(c2ccc(O)cc2)c2ccc(O)cc2)c2ccccc21.CS(=O)(=O)O. The number of likely N-dealkylation sites (N-methyl/N-ethyl adjacent to an activating group) is 1. The van der Waals surface area contributed by atoms with Gasteiger partial charge < -0.3 is 25.0 Å². The van der Waals surface area contributed by atoms with Crippen LogP contribution in [-0.4, -0.2) is 71.5 Å². The molecule has 1 aliphatic carbocycles. The summed E-state index contributed by atoms with van der Waals surface area (Å²) in [4.78, 5) is 16.6. The van der Waals surface area contributed by atoms with Crippen LogP contribution >= 0.6 is 0 Å². The molecule has 9 nitrogen and oxygen atoms in total. The second-order valence-corrected chi connectivity index (χ2v) is 13.6. The number of phenolic OH excluding ortho intramolecular Hbond substituents is 2. The summed E-state index contributed by atoms with van der Waals surface area (Å²) in [6.07, 6.45) is 8.76. The first-order valence-electron chi connectivity index (χ1n) is 15.5. The van der Waals surface area contributed by atoms with Gasteiger partial charge in [0.2, 0.25) is 0 Å². The molecule has 3 aromatic carbocycles. The third kappa shape index (κ3) is 9.56. The number of nitrogens with zero attached hydrogens (tertiary/aromatic N) is 2. The lowest BCUT2D eigenvalue weighted by molar-refractivity contribution is 0.0919. The zero-order chi connectivity index (χ0) is 32.6. The molecule has 1 amide bonds. The number of hydrogen-bond donors (Lipinski definition) is 4. The van der Waals surface area contributed by atoms with E-state index in [1.807, 2.05) is 36.4 Å². The Labute approximate surface area is 266 Å². The monoisotopic (exact) mass is 635 g/mol. The van der Waals surface area contributed by atoms with Crippen LogP contribution < -0.4 is 5.32 Å². The molecule has 4 N–H and O–H groups in total. The number of phenols is 2. The van der Waals surface area contributed by atoms with Crippen molar-refractivity contribution in [1.29, 1.82) is 0 Å². The Hall–Kier alpha value is -3.86. The van der Waals surface area contributed by atoms with Gasteiger partial charge in [-0.25, -0.2) is 0 Å². The number of carbonyl (C=O) groups is 1. The zero-order valence-electron chi connectivity index (χ0n) is 26.3. The molecule has 1 heterocycles. The van der Waals surface area contributed by atoms with Crippen LogP contribution in [0.4, 0.5) is 0 Å². The maximum absolute atomic E-state index is 14.4. The number of para-hydroxylation sites is 1. The molecule has 1 saturated carbocycles. The third-order valence-electron chi connectivity index (χ3n) is 8.18. The van der Waals surface area contributed by atoms with Crippen molar-refractivity contribution in [3.05, 3.63) is 95.2 Å². The molecule has 10 heteroatoms. The van der Waals surface area contributed by atoms with Gasteiger partial charge >= 0.3 is 0 Å². The maximum Gasteiger partial charge on any atom is 0.268 e. The van der Waals surface area contributed by atoms with Crippen LogP contribution in [0.5, 0.6) is 11.5 Å². The first-order chi connectivity index (χ1) is 21.4. The highest BCUT2D eigenvalue weighted by Gasteiger charge is 2.31. The van der Waals surface area contributed by atoms with E-state index in [2.05, 4.69) is 41.0 Å². The number of aromatic hydroxyl groups is 2. The molecule has 45 heavy (non-hydrogen) atoms. The summed E-state index contributed by atoms with van der Waals surface area (Å²) in [6.45, 7) is 1.48. The molecule has 0 saturated heterocycles. The Morgan fingerprint density at radius 3 is 1.87 bits per heavy atom. The molecule has 1 fully saturated rings. The molecule has 4 aromatic rings. The van der Waals surface area contributed by atoms with Crippen LogP contribution in [-0.2, 0) is 16.7 Å². The lowest BCUT2D eigenvalue weighted by Gasteiger charge is -2.24. The number of fused-ring (bicyclic) bond motifs is 1. The Kier molecular flexibility index (Phi) is 11.7. The van der Waals surface area contributed by atoms with Crippen LogP contribution in [0.3, 0.4) is 0 Å². The number of benzene rings is 3. The Balaban J connectivity index is 0.000000854. The molecule has 5 rings (SSSR count). The van der Waals surface area contributed by atoms with Gasteiger partial charge in [0.15, 0.2) is 0 Å².